The highest BCUT2D eigenvalue weighted by atomic mass is 35.5. The molecule has 1 aromatic heterocycles. The zero-order chi connectivity index (χ0) is 40.5. The Hall–Kier alpha value is -1.65. The first-order chi connectivity index (χ1) is 26.2. The van der Waals surface area contributed by atoms with E-state index < -0.39 is 0 Å². The van der Waals surface area contributed by atoms with Gasteiger partial charge in [0.25, 0.3) is 0 Å². The van der Waals surface area contributed by atoms with Crippen LogP contribution in [0.3, 0.4) is 0 Å². The van der Waals surface area contributed by atoms with Crippen LogP contribution in [0.25, 0.3) is 0 Å². The van der Waals surface area contributed by atoms with Crippen LogP contribution in [0.2, 0.25) is 0 Å². The molecule has 0 N–H and O–H groups in total. The van der Waals surface area contributed by atoms with Gasteiger partial charge in [-0.3, -0.25) is 0 Å². The van der Waals surface area contributed by atoms with Gasteiger partial charge in [-0.15, -0.1) is 0 Å². The number of nitrogens with zero attached hydrogens (tertiary/aromatic N) is 6. The highest BCUT2D eigenvalue weighted by molar-refractivity contribution is 6.17. The number of rotatable bonds is 11. The van der Waals surface area contributed by atoms with Crippen LogP contribution in [0.15, 0.2) is 43.5 Å². The summed E-state index contributed by atoms with van der Waals surface area (Å²) in [4.78, 5) is 12.6. The molecule has 9 nitrogen and oxygen atoms in total. The Morgan fingerprint density at radius 2 is 0.965 bits per heavy atom. The van der Waals surface area contributed by atoms with Gasteiger partial charge in [0, 0.05) is 58.3 Å². The van der Waals surface area contributed by atoms with E-state index in [4.69, 9.17) is 25.8 Å². The maximum Gasteiger partial charge on any atom is 0.121 e. The van der Waals surface area contributed by atoms with E-state index in [1.807, 2.05) is 17.8 Å². The average molecular weight is 843 g/mol. The minimum atomic E-state index is 0. The monoisotopic (exact) mass is 842 g/mol. The van der Waals surface area contributed by atoms with Gasteiger partial charge in [0.2, 0.25) is 0 Å². The second-order valence-corrected chi connectivity index (χ2v) is 19.0. The first-order valence-corrected chi connectivity index (χ1v) is 22.3. The third kappa shape index (κ3) is 19.5. The fourth-order valence-corrected chi connectivity index (χ4v) is 9.22. The van der Waals surface area contributed by atoms with Gasteiger partial charge >= 0.3 is 0 Å². The van der Waals surface area contributed by atoms with E-state index in [-0.39, 0.29) is 19.8 Å². The van der Waals surface area contributed by atoms with Crippen molar-refractivity contribution in [1.29, 1.82) is 0 Å². The second kappa shape index (κ2) is 28.0. The first kappa shape index (κ1) is 53.4. The summed E-state index contributed by atoms with van der Waals surface area (Å²) in [6.07, 6.45) is 26.9. The van der Waals surface area contributed by atoms with Crippen LogP contribution >= 0.6 is 11.6 Å². The molecule has 11 heteroatoms. The molecule has 5 aliphatic rings. The van der Waals surface area contributed by atoms with E-state index >= 15 is 0 Å². The molecule has 334 valence electrons. The second-order valence-electron chi connectivity index (χ2n) is 18.8. The predicted molar refractivity (Wildman–Crippen MR) is 236 cm³/mol. The lowest BCUT2D eigenvalue weighted by molar-refractivity contribution is -0.0731. The molecule has 0 aromatic carbocycles. The number of ether oxygens (including phenoxy) is 3. The van der Waals surface area contributed by atoms with Crippen molar-refractivity contribution in [3.8, 4) is 0 Å². The van der Waals surface area contributed by atoms with E-state index in [0.29, 0.717) is 24.4 Å². The number of alkyl halides is 1. The summed E-state index contributed by atoms with van der Waals surface area (Å²) in [6.45, 7) is 24.3. The third-order valence-electron chi connectivity index (χ3n) is 12.6. The summed E-state index contributed by atoms with van der Waals surface area (Å²) in [5.41, 5.74) is 0. The summed E-state index contributed by atoms with van der Waals surface area (Å²) in [5, 5.41) is 0. The van der Waals surface area contributed by atoms with E-state index in [1.165, 1.54) is 57.8 Å². The lowest BCUT2D eigenvalue weighted by Crippen LogP contribution is -3.00. The molecular weight excluding hydrogens is 755 g/mol. The summed E-state index contributed by atoms with van der Waals surface area (Å²) >= 11 is 5.63. The highest BCUT2D eigenvalue weighted by Gasteiger charge is 2.33. The molecule has 3 heterocycles. The smallest absolute Gasteiger partial charge is 0.121 e. The van der Waals surface area contributed by atoms with Crippen LogP contribution in [0.1, 0.15) is 128 Å². The fraction of sp³-hybridized carbons (Fsp3) is 0.848. The van der Waals surface area contributed by atoms with Gasteiger partial charge in [0.05, 0.1) is 38.0 Å². The van der Waals surface area contributed by atoms with E-state index in [0.717, 1.165) is 80.1 Å². The predicted octanol–water partition coefficient (Wildman–Crippen LogP) is 7.92. The fourth-order valence-electron chi connectivity index (χ4n) is 9.05. The first-order valence-electron chi connectivity index (χ1n) is 21.7. The Bertz CT molecular complexity index is 1140. The Kier molecular flexibility index (Phi) is 26.2. The SMILES string of the molecule is C.CC(C)[C@H]1CC[C@H](C)C[C@@H]1OCCl.CC(C)[C@H]1CC[C@H](C)C[C@@H]1OCN1C=CN(C)C1.CC(C)[C@H]1CC[C@H](C)C[C@@H]1OCN1C=CN(C)C1.Cn1ccnc1.[Cl-]. The van der Waals surface area contributed by atoms with Crippen molar-refractivity contribution in [2.45, 2.75) is 146 Å². The van der Waals surface area contributed by atoms with Gasteiger partial charge in [-0.2, -0.15) is 0 Å². The molecule has 1 aromatic rings. The molecule has 3 saturated carbocycles. The summed E-state index contributed by atoms with van der Waals surface area (Å²) in [5.74, 6) is 6.84. The van der Waals surface area contributed by atoms with Gasteiger partial charge in [0.15, 0.2) is 0 Å². The number of hydrogen-bond donors (Lipinski definition) is 0. The van der Waals surface area contributed by atoms with Crippen molar-refractivity contribution in [1.82, 2.24) is 29.2 Å². The molecule has 57 heavy (non-hydrogen) atoms. The zero-order valence-corrected chi connectivity index (χ0v) is 39.0. The lowest BCUT2D eigenvalue weighted by Gasteiger charge is -2.37. The summed E-state index contributed by atoms with van der Waals surface area (Å²) < 4.78 is 19.9. The minimum Gasteiger partial charge on any atom is -1.00 e. The molecule has 0 radical (unpaired) electrons. The van der Waals surface area contributed by atoms with Crippen LogP contribution in [-0.4, -0.2) is 94.4 Å². The lowest BCUT2D eigenvalue weighted by atomic mass is 9.75. The molecule has 0 saturated heterocycles. The van der Waals surface area contributed by atoms with Gasteiger partial charge < -0.3 is 50.8 Å². The van der Waals surface area contributed by atoms with Gasteiger partial charge in [-0.05, 0) is 91.8 Å². The van der Waals surface area contributed by atoms with E-state index in [2.05, 4.69) is 126 Å². The molecule has 3 fully saturated rings. The summed E-state index contributed by atoms with van der Waals surface area (Å²) in [7, 11) is 6.12. The number of aryl methyl sites for hydroxylation is 1. The maximum absolute atomic E-state index is 6.21. The quantitative estimate of drug-likeness (QED) is 0.209. The third-order valence-corrected chi connectivity index (χ3v) is 12.7. The highest BCUT2D eigenvalue weighted by Crippen LogP contribution is 2.37. The van der Waals surface area contributed by atoms with Crippen molar-refractivity contribution >= 4 is 11.6 Å². The van der Waals surface area contributed by atoms with Crippen molar-refractivity contribution in [2.24, 2.45) is 60.3 Å². The Labute approximate surface area is 362 Å². The van der Waals surface area contributed by atoms with Crippen LogP contribution < -0.4 is 12.4 Å². The molecule has 9 atom stereocenters. The number of imidazole rings is 1. The van der Waals surface area contributed by atoms with Gasteiger partial charge in [0.1, 0.15) is 19.5 Å². The van der Waals surface area contributed by atoms with Crippen molar-refractivity contribution in [2.75, 3.05) is 47.0 Å². The Morgan fingerprint density at radius 3 is 1.21 bits per heavy atom. The van der Waals surface area contributed by atoms with Crippen molar-refractivity contribution in [3.63, 3.8) is 0 Å². The number of hydrogen-bond acceptors (Lipinski definition) is 8. The zero-order valence-electron chi connectivity index (χ0n) is 37.5. The summed E-state index contributed by atoms with van der Waals surface area (Å²) in [6, 6.07) is 0.348. The van der Waals surface area contributed by atoms with Crippen LogP contribution in [0, 0.1) is 53.3 Å². The Morgan fingerprint density at radius 1 is 0.596 bits per heavy atom. The van der Waals surface area contributed by atoms with Crippen molar-refractivity contribution in [3.05, 3.63) is 43.5 Å². The molecule has 3 aliphatic carbocycles. The van der Waals surface area contributed by atoms with Crippen LogP contribution in [0.5, 0.6) is 0 Å². The van der Waals surface area contributed by atoms with Crippen molar-refractivity contribution < 1.29 is 26.6 Å². The minimum absolute atomic E-state index is 0. The molecule has 2 aliphatic heterocycles. The van der Waals surface area contributed by atoms with E-state index in [9.17, 15) is 0 Å². The molecule has 0 amide bonds. The molecule has 6 rings (SSSR count). The number of halogens is 2. The maximum atomic E-state index is 6.21. The molecule has 0 unspecified atom stereocenters. The normalized spacial score (nSPS) is 29.6. The molecule has 0 spiro atoms. The standard InChI is InChI=1S/2C15H28N2O.C11H21ClO.C4H6N2.CH4.ClH/c2*1-12(2)14-6-5-13(3)9-15(14)18-11-17-8-7-16(4)10-17;1-8(2)10-5-4-9(3)6-11(10)13-7-12;1-6-3-2-5-4-6;;/h2*7-8,12-15H,5-6,9-11H2,1-4H3;8-11H,4-7H2,1-3H3;2-4H,1H3;1H4;1H/p-1/t2*13-,14+,15-;9-,10+,11-;;;/m000.../s1. The number of aromatic nitrogens is 2. The van der Waals surface area contributed by atoms with Gasteiger partial charge in [-0.25, -0.2) is 4.98 Å². The molecule has 0 bridgehead atoms. The van der Waals surface area contributed by atoms with Gasteiger partial charge in [-0.1, -0.05) is 101 Å². The molecular formula is C46H87Cl2N6O3-. The van der Waals surface area contributed by atoms with Crippen LogP contribution in [0.4, 0.5) is 0 Å². The largest absolute Gasteiger partial charge is 1.00 e. The average Bonchev–Trinajstić information content (AvgIpc) is 3.89. The Balaban J connectivity index is 0.000000395. The topological polar surface area (TPSA) is 58.5 Å². The van der Waals surface area contributed by atoms with E-state index in [1.54, 1.807) is 12.5 Å². The van der Waals surface area contributed by atoms with Crippen LogP contribution in [-0.2, 0) is 21.3 Å².